The SMILES string of the molecule is CC(C)CC(C)(CN)NC(=O)C(C)NS(C)(=O)=O.Cl. The summed E-state index contributed by atoms with van der Waals surface area (Å²) in [4.78, 5) is 11.9. The Morgan fingerprint density at radius 2 is 1.79 bits per heavy atom. The topological polar surface area (TPSA) is 101 Å². The molecule has 0 aromatic carbocycles. The molecule has 2 unspecified atom stereocenters. The second-order valence-electron chi connectivity index (χ2n) is 5.46. The van der Waals surface area contributed by atoms with Crippen LogP contribution in [-0.2, 0) is 14.8 Å². The highest BCUT2D eigenvalue weighted by Crippen LogP contribution is 2.15. The van der Waals surface area contributed by atoms with Crippen molar-refractivity contribution >= 4 is 28.3 Å². The molecule has 0 saturated heterocycles. The summed E-state index contributed by atoms with van der Waals surface area (Å²) >= 11 is 0. The fraction of sp³-hybridized carbons (Fsp3) is 0.909. The molecule has 19 heavy (non-hydrogen) atoms. The number of carbonyl (C=O) groups excluding carboxylic acids is 1. The molecule has 8 heteroatoms. The smallest absolute Gasteiger partial charge is 0.238 e. The molecular formula is C11H26ClN3O3S. The third-order valence-corrected chi connectivity index (χ3v) is 3.30. The first-order valence-corrected chi connectivity index (χ1v) is 7.87. The van der Waals surface area contributed by atoms with Gasteiger partial charge in [-0.25, -0.2) is 13.1 Å². The van der Waals surface area contributed by atoms with E-state index in [4.69, 9.17) is 5.73 Å². The number of amides is 1. The van der Waals surface area contributed by atoms with Crippen LogP contribution in [0.15, 0.2) is 0 Å². The second kappa shape index (κ2) is 8.04. The van der Waals surface area contributed by atoms with E-state index in [1.165, 1.54) is 6.92 Å². The van der Waals surface area contributed by atoms with Crippen molar-refractivity contribution in [1.29, 1.82) is 0 Å². The number of nitrogens with one attached hydrogen (secondary N) is 2. The molecule has 0 fully saturated rings. The normalized spacial score (nSPS) is 16.4. The predicted octanol–water partition coefficient (Wildman–Crippen LogP) is 0.226. The highest BCUT2D eigenvalue weighted by molar-refractivity contribution is 7.88. The van der Waals surface area contributed by atoms with Gasteiger partial charge >= 0.3 is 0 Å². The van der Waals surface area contributed by atoms with Gasteiger partial charge in [0.2, 0.25) is 15.9 Å². The summed E-state index contributed by atoms with van der Waals surface area (Å²) in [6, 6.07) is -0.807. The van der Waals surface area contributed by atoms with Gasteiger partial charge in [0.1, 0.15) is 0 Å². The lowest BCUT2D eigenvalue weighted by atomic mass is 9.90. The maximum atomic E-state index is 11.9. The zero-order valence-corrected chi connectivity index (χ0v) is 13.8. The van der Waals surface area contributed by atoms with E-state index in [1.807, 2.05) is 20.8 Å². The molecule has 2 atom stereocenters. The molecule has 0 saturated carbocycles. The first-order valence-electron chi connectivity index (χ1n) is 5.98. The predicted molar refractivity (Wildman–Crippen MR) is 79.7 cm³/mol. The van der Waals surface area contributed by atoms with E-state index < -0.39 is 21.6 Å². The molecule has 6 nitrogen and oxygen atoms in total. The highest BCUT2D eigenvalue weighted by atomic mass is 35.5. The summed E-state index contributed by atoms with van der Waals surface area (Å²) in [6.07, 6.45) is 1.76. The molecule has 0 spiro atoms. The Kier molecular flexibility index (Phi) is 8.86. The average Bonchev–Trinajstić information content (AvgIpc) is 2.13. The van der Waals surface area contributed by atoms with Gasteiger partial charge < -0.3 is 11.1 Å². The first-order chi connectivity index (χ1) is 7.99. The number of hydrogen-bond acceptors (Lipinski definition) is 4. The third-order valence-electron chi connectivity index (χ3n) is 2.52. The van der Waals surface area contributed by atoms with Gasteiger partial charge in [0.05, 0.1) is 12.3 Å². The van der Waals surface area contributed by atoms with Crippen LogP contribution in [0.4, 0.5) is 0 Å². The molecule has 0 rings (SSSR count). The van der Waals surface area contributed by atoms with Gasteiger partial charge in [-0.15, -0.1) is 12.4 Å². The van der Waals surface area contributed by atoms with E-state index in [1.54, 1.807) is 0 Å². The lowest BCUT2D eigenvalue weighted by Gasteiger charge is -2.32. The fourth-order valence-corrected chi connectivity index (χ4v) is 2.62. The van der Waals surface area contributed by atoms with Crippen LogP contribution in [0.1, 0.15) is 34.1 Å². The minimum atomic E-state index is -3.40. The molecule has 0 aliphatic heterocycles. The van der Waals surface area contributed by atoms with Gasteiger partial charge in [-0.3, -0.25) is 4.79 Å². The van der Waals surface area contributed by atoms with Crippen LogP contribution in [0.25, 0.3) is 0 Å². The summed E-state index contributed by atoms with van der Waals surface area (Å²) in [5.74, 6) is 0.0195. The van der Waals surface area contributed by atoms with Crippen molar-refractivity contribution in [2.24, 2.45) is 11.7 Å². The van der Waals surface area contributed by atoms with Gasteiger partial charge in [0, 0.05) is 12.1 Å². The summed E-state index contributed by atoms with van der Waals surface area (Å²) in [7, 11) is -3.40. The molecule has 0 bridgehead atoms. The van der Waals surface area contributed by atoms with Crippen LogP contribution < -0.4 is 15.8 Å². The Bertz CT molecular complexity index is 387. The summed E-state index contributed by atoms with van der Waals surface area (Å²) in [5.41, 5.74) is 5.16. The zero-order chi connectivity index (χ0) is 14.6. The molecule has 1 amide bonds. The number of rotatable bonds is 7. The van der Waals surface area contributed by atoms with Crippen LogP contribution in [0.2, 0.25) is 0 Å². The molecule has 0 radical (unpaired) electrons. The molecule has 0 heterocycles. The Balaban J connectivity index is 0. The lowest BCUT2D eigenvalue weighted by Crippen LogP contribution is -2.56. The Hall–Kier alpha value is -0.370. The monoisotopic (exact) mass is 315 g/mol. The first kappa shape index (κ1) is 20.9. The highest BCUT2D eigenvalue weighted by Gasteiger charge is 2.28. The minimum Gasteiger partial charge on any atom is -0.348 e. The lowest BCUT2D eigenvalue weighted by molar-refractivity contribution is -0.124. The number of carbonyl (C=O) groups is 1. The van der Waals surface area contributed by atoms with Crippen molar-refractivity contribution < 1.29 is 13.2 Å². The Morgan fingerprint density at radius 3 is 2.11 bits per heavy atom. The fourth-order valence-electron chi connectivity index (χ4n) is 1.87. The number of halogens is 1. The summed E-state index contributed by atoms with van der Waals surface area (Å²) in [6.45, 7) is 7.75. The molecule has 0 aliphatic carbocycles. The largest absolute Gasteiger partial charge is 0.348 e. The molecule has 0 aliphatic rings. The zero-order valence-electron chi connectivity index (χ0n) is 12.2. The maximum Gasteiger partial charge on any atom is 0.238 e. The van der Waals surface area contributed by atoms with Crippen LogP contribution in [0.5, 0.6) is 0 Å². The van der Waals surface area contributed by atoms with Gasteiger partial charge in [-0.1, -0.05) is 13.8 Å². The van der Waals surface area contributed by atoms with Gasteiger partial charge in [0.15, 0.2) is 0 Å². The Morgan fingerprint density at radius 1 is 1.32 bits per heavy atom. The molecule has 0 aromatic rings. The van der Waals surface area contributed by atoms with E-state index in [0.29, 0.717) is 12.5 Å². The number of sulfonamides is 1. The summed E-state index contributed by atoms with van der Waals surface area (Å²) in [5, 5.41) is 2.81. The molecular weight excluding hydrogens is 290 g/mol. The Labute approximate surface area is 122 Å². The quantitative estimate of drug-likeness (QED) is 0.625. The standard InChI is InChI=1S/C11H25N3O3S.ClH/c1-8(2)6-11(4,7-12)13-10(15)9(3)14-18(5,16)17;/h8-9,14H,6-7,12H2,1-5H3,(H,13,15);1H. The number of hydrogen-bond donors (Lipinski definition) is 3. The molecule has 0 aromatic heterocycles. The van der Waals surface area contributed by atoms with Crippen LogP contribution in [0, 0.1) is 5.92 Å². The van der Waals surface area contributed by atoms with Crippen LogP contribution in [0.3, 0.4) is 0 Å². The van der Waals surface area contributed by atoms with Crippen LogP contribution in [-0.4, -0.2) is 38.7 Å². The van der Waals surface area contributed by atoms with Crippen molar-refractivity contribution in [1.82, 2.24) is 10.0 Å². The van der Waals surface area contributed by atoms with Crippen molar-refractivity contribution in [3.8, 4) is 0 Å². The van der Waals surface area contributed by atoms with Gasteiger partial charge in [-0.05, 0) is 26.2 Å². The van der Waals surface area contributed by atoms with Crippen molar-refractivity contribution in [3.63, 3.8) is 0 Å². The van der Waals surface area contributed by atoms with Crippen molar-refractivity contribution in [2.75, 3.05) is 12.8 Å². The van der Waals surface area contributed by atoms with E-state index in [2.05, 4.69) is 10.0 Å². The third kappa shape index (κ3) is 9.21. The average molecular weight is 316 g/mol. The van der Waals surface area contributed by atoms with E-state index in [0.717, 1.165) is 12.7 Å². The van der Waals surface area contributed by atoms with Crippen molar-refractivity contribution in [2.45, 2.75) is 45.7 Å². The van der Waals surface area contributed by atoms with Crippen molar-refractivity contribution in [3.05, 3.63) is 0 Å². The molecule has 4 N–H and O–H groups in total. The van der Waals surface area contributed by atoms with E-state index >= 15 is 0 Å². The number of nitrogens with two attached hydrogens (primary N) is 1. The van der Waals surface area contributed by atoms with Crippen LogP contribution >= 0.6 is 12.4 Å². The second-order valence-corrected chi connectivity index (χ2v) is 7.24. The van der Waals surface area contributed by atoms with E-state index in [-0.39, 0.29) is 18.3 Å². The van der Waals surface area contributed by atoms with Gasteiger partial charge in [0.25, 0.3) is 0 Å². The maximum absolute atomic E-state index is 11.9. The molecule has 116 valence electrons. The van der Waals surface area contributed by atoms with Gasteiger partial charge in [-0.2, -0.15) is 0 Å². The van der Waals surface area contributed by atoms with E-state index in [9.17, 15) is 13.2 Å². The minimum absolute atomic E-state index is 0. The summed E-state index contributed by atoms with van der Waals surface area (Å²) < 4.78 is 24.3.